The van der Waals surface area contributed by atoms with E-state index in [1.165, 1.54) is 16.0 Å². The quantitative estimate of drug-likeness (QED) is 0.648. The molecule has 0 heterocycles. The van der Waals surface area contributed by atoms with Crippen LogP contribution in [0.15, 0.2) is 23.1 Å². The third-order valence-electron chi connectivity index (χ3n) is 1.69. The Labute approximate surface area is 77.4 Å². The first kappa shape index (κ1) is 9.15. The fourth-order valence-electron chi connectivity index (χ4n) is 1.13. The van der Waals surface area contributed by atoms with Crippen molar-refractivity contribution in [3.8, 4) is 6.07 Å². The van der Waals surface area contributed by atoms with Crippen molar-refractivity contribution >= 4 is 11.8 Å². The monoisotopic (exact) mass is 177 g/mol. The summed E-state index contributed by atoms with van der Waals surface area (Å²) in [7, 11) is 0. The average molecular weight is 177 g/mol. The molecule has 1 aromatic rings. The van der Waals surface area contributed by atoms with Gasteiger partial charge >= 0.3 is 0 Å². The summed E-state index contributed by atoms with van der Waals surface area (Å²) in [6, 6.07) is 8.33. The third-order valence-corrected chi connectivity index (χ3v) is 2.90. The number of hydrogen-bond donors (Lipinski definition) is 0. The van der Waals surface area contributed by atoms with Crippen LogP contribution in [0.4, 0.5) is 0 Å². The van der Waals surface area contributed by atoms with Gasteiger partial charge in [-0.2, -0.15) is 5.26 Å². The molecule has 0 aromatic heterocycles. The summed E-state index contributed by atoms with van der Waals surface area (Å²) < 4.78 is 0. The molecule has 0 aliphatic heterocycles. The van der Waals surface area contributed by atoms with Crippen molar-refractivity contribution in [2.24, 2.45) is 0 Å². The van der Waals surface area contributed by atoms with Crippen molar-refractivity contribution in [3.05, 3.63) is 29.3 Å². The van der Waals surface area contributed by atoms with E-state index < -0.39 is 0 Å². The fraction of sp³-hybridized carbons (Fsp3) is 0.300. The molecule has 1 rings (SSSR count). The fourth-order valence-corrected chi connectivity index (χ4v) is 1.93. The molecule has 0 aliphatic rings. The second-order valence-electron chi connectivity index (χ2n) is 2.67. The number of benzene rings is 1. The highest BCUT2D eigenvalue weighted by atomic mass is 32.2. The van der Waals surface area contributed by atoms with Crippen molar-refractivity contribution in [2.75, 3.05) is 5.75 Å². The molecule has 0 saturated heterocycles. The molecule has 0 N–H and O–H groups in total. The highest BCUT2D eigenvalue weighted by Crippen LogP contribution is 2.25. The number of nitriles is 1. The summed E-state index contributed by atoms with van der Waals surface area (Å²) in [5, 5.41) is 8.44. The molecule has 0 fully saturated rings. The Balaban J connectivity index is 2.90. The van der Waals surface area contributed by atoms with Crippen molar-refractivity contribution in [1.82, 2.24) is 0 Å². The largest absolute Gasteiger partial charge is 0.197 e. The van der Waals surface area contributed by atoms with Crippen LogP contribution in [0.3, 0.4) is 0 Å². The lowest BCUT2D eigenvalue weighted by molar-refractivity contribution is 1.22. The van der Waals surface area contributed by atoms with Gasteiger partial charge in [-0.1, -0.05) is 18.2 Å². The van der Waals surface area contributed by atoms with E-state index in [9.17, 15) is 0 Å². The van der Waals surface area contributed by atoms with E-state index in [0.717, 1.165) is 0 Å². The van der Waals surface area contributed by atoms with Crippen molar-refractivity contribution in [1.29, 1.82) is 5.26 Å². The summed E-state index contributed by atoms with van der Waals surface area (Å²) in [5.74, 6) is 0.533. The molecular formula is C10H11NS. The predicted octanol–water partition coefficient (Wildman–Crippen LogP) is 2.92. The molecule has 0 amide bonds. The minimum absolute atomic E-state index is 0.533. The maximum Gasteiger partial charge on any atom is 0.0855 e. The first-order chi connectivity index (χ1) is 5.75. The van der Waals surface area contributed by atoms with Crippen LogP contribution in [-0.4, -0.2) is 5.75 Å². The van der Waals surface area contributed by atoms with Crippen LogP contribution in [0.5, 0.6) is 0 Å². The molecule has 62 valence electrons. The third kappa shape index (κ3) is 2.02. The maximum atomic E-state index is 8.44. The van der Waals surface area contributed by atoms with Gasteiger partial charge in [0, 0.05) is 4.90 Å². The van der Waals surface area contributed by atoms with Gasteiger partial charge in [-0.15, -0.1) is 11.8 Å². The van der Waals surface area contributed by atoms with Gasteiger partial charge in [0.25, 0.3) is 0 Å². The highest BCUT2D eigenvalue weighted by Gasteiger charge is 2.00. The summed E-state index contributed by atoms with van der Waals surface area (Å²) in [6.45, 7) is 4.15. The van der Waals surface area contributed by atoms with Gasteiger partial charge in [-0.05, 0) is 25.0 Å². The molecule has 0 saturated carbocycles. The Morgan fingerprint density at radius 1 is 1.33 bits per heavy atom. The second kappa shape index (κ2) is 4.18. The smallest absolute Gasteiger partial charge is 0.0855 e. The van der Waals surface area contributed by atoms with Gasteiger partial charge in [0.2, 0.25) is 0 Å². The standard InChI is InChI=1S/C10H11NS/c1-8-4-3-5-9(2)10(8)12-7-6-11/h3-5H,7H2,1-2H3. The number of nitrogens with zero attached hydrogens (tertiary/aromatic N) is 1. The zero-order chi connectivity index (χ0) is 8.97. The van der Waals surface area contributed by atoms with E-state index in [4.69, 9.17) is 5.26 Å². The van der Waals surface area contributed by atoms with Gasteiger partial charge in [0.1, 0.15) is 0 Å². The van der Waals surface area contributed by atoms with Gasteiger partial charge in [-0.25, -0.2) is 0 Å². The Kier molecular flexibility index (Phi) is 3.19. The second-order valence-corrected chi connectivity index (χ2v) is 3.65. The molecule has 1 aromatic carbocycles. The van der Waals surface area contributed by atoms with E-state index in [2.05, 4.69) is 32.0 Å². The lowest BCUT2D eigenvalue weighted by Gasteiger charge is -2.05. The number of hydrogen-bond acceptors (Lipinski definition) is 2. The predicted molar refractivity (Wildman–Crippen MR) is 52.3 cm³/mol. The van der Waals surface area contributed by atoms with Crippen molar-refractivity contribution in [2.45, 2.75) is 18.7 Å². The minimum atomic E-state index is 0.533. The van der Waals surface area contributed by atoms with Crippen LogP contribution < -0.4 is 0 Å². The van der Waals surface area contributed by atoms with Crippen LogP contribution in [0.2, 0.25) is 0 Å². The van der Waals surface area contributed by atoms with Gasteiger partial charge in [0.05, 0.1) is 11.8 Å². The molecule has 12 heavy (non-hydrogen) atoms. The van der Waals surface area contributed by atoms with E-state index in [1.807, 2.05) is 6.07 Å². The van der Waals surface area contributed by atoms with Crippen LogP contribution in [-0.2, 0) is 0 Å². The van der Waals surface area contributed by atoms with Crippen LogP contribution in [0.1, 0.15) is 11.1 Å². The van der Waals surface area contributed by atoms with E-state index in [0.29, 0.717) is 5.75 Å². The maximum absolute atomic E-state index is 8.44. The summed E-state index contributed by atoms with van der Waals surface area (Å²) >= 11 is 1.61. The molecule has 0 atom stereocenters. The lowest BCUT2D eigenvalue weighted by Crippen LogP contribution is -1.84. The number of thioether (sulfide) groups is 1. The SMILES string of the molecule is Cc1cccc(C)c1SCC#N. The molecular weight excluding hydrogens is 166 g/mol. The van der Waals surface area contributed by atoms with Crippen LogP contribution >= 0.6 is 11.8 Å². The minimum Gasteiger partial charge on any atom is -0.197 e. The number of aryl methyl sites for hydroxylation is 2. The summed E-state index contributed by atoms with van der Waals surface area (Å²) in [6.07, 6.45) is 0. The van der Waals surface area contributed by atoms with E-state index in [-0.39, 0.29) is 0 Å². The molecule has 0 spiro atoms. The zero-order valence-corrected chi connectivity index (χ0v) is 8.11. The first-order valence-electron chi connectivity index (χ1n) is 3.81. The van der Waals surface area contributed by atoms with E-state index >= 15 is 0 Å². The van der Waals surface area contributed by atoms with Crippen molar-refractivity contribution < 1.29 is 0 Å². The summed E-state index contributed by atoms with van der Waals surface area (Å²) in [5.41, 5.74) is 2.52. The van der Waals surface area contributed by atoms with Crippen molar-refractivity contribution in [3.63, 3.8) is 0 Å². The van der Waals surface area contributed by atoms with Crippen LogP contribution in [0, 0.1) is 25.2 Å². The molecule has 0 bridgehead atoms. The molecule has 0 unspecified atom stereocenters. The van der Waals surface area contributed by atoms with Gasteiger partial charge < -0.3 is 0 Å². The van der Waals surface area contributed by atoms with Gasteiger partial charge in [0.15, 0.2) is 0 Å². The summed E-state index contributed by atoms with van der Waals surface area (Å²) in [4.78, 5) is 1.25. The normalized spacial score (nSPS) is 9.42. The van der Waals surface area contributed by atoms with Gasteiger partial charge in [-0.3, -0.25) is 0 Å². The van der Waals surface area contributed by atoms with Crippen LogP contribution in [0.25, 0.3) is 0 Å². The molecule has 0 radical (unpaired) electrons. The molecule has 2 heteroatoms. The lowest BCUT2D eigenvalue weighted by atomic mass is 10.2. The Bertz CT molecular complexity index is 292. The topological polar surface area (TPSA) is 23.8 Å². The zero-order valence-electron chi connectivity index (χ0n) is 7.29. The van der Waals surface area contributed by atoms with E-state index in [1.54, 1.807) is 11.8 Å². The average Bonchev–Trinajstić information content (AvgIpc) is 2.04. The first-order valence-corrected chi connectivity index (χ1v) is 4.80. The molecule has 0 aliphatic carbocycles. The Morgan fingerprint density at radius 2 is 1.92 bits per heavy atom. The highest BCUT2D eigenvalue weighted by molar-refractivity contribution is 7.99. The Hall–Kier alpha value is -0.940. The Morgan fingerprint density at radius 3 is 2.42 bits per heavy atom. The number of rotatable bonds is 2. The molecule has 1 nitrogen and oxygen atoms in total.